The van der Waals surface area contributed by atoms with E-state index in [4.69, 9.17) is 10.5 Å². The summed E-state index contributed by atoms with van der Waals surface area (Å²) in [4.78, 5) is 0. The highest BCUT2D eigenvalue weighted by Crippen LogP contribution is 2.11. The molecule has 0 amide bonds. The zero-order valence-electron chi connectivity index (χ0n) is 6.92. The Balaban J connectivity index is 2.65. The number of benzene rings is 1. The van der Waals surface area contributed by atoms with Crippen LogP contribution in [-0.4, -0.2) is 6.61 Å². The molecule has 1 aromatic rings. The number of nitrogens with two attached hydrogens (primary N) is 1. The number of ether oxygens (including phenoxy) is 1. The van der Waals surface area contributed by atoms with Crippen LogP contribution in [0.25, 0.3) is 0 Å². The summed E-state index contributed by atoms with van der Waals surface area (Å²) in [6.45, 7) is 4.55. The van der Waals surface area contributed by atoms with Crippen molar-refractivity contribution in [1.82, 2.24) is 0 Å². The van der Waals surface area contributed by atoms with Crippen LogP contribution >= 0.6 is 0 Å². The monoisotopic (exact) mass is 162 g/mol. The molecular weight excluding hydrogens is 150 g/mol. The first-order valence-corrected chi connectivity index (χ1v) is 3.82. The number of hydrogen-bond donors (Lipinski definition) is 1. The van der Waals surface area contributed by atoms with Crippen molar-refractivity contribution in [3.63, 3.8) is 0 Å². The zero-order valence-corrected chi connectivity index (χ0v) is 6.92. The van der Waals surface area contributed by atoms with Crippen LogP contribution in [0.4, 0.5) is 0 Å². The molecule has 0 atom stereocenters. The molecule has 0 aliphatic carbocycles. The summed E-state index contributed by atoms with van der Waals surface area (Å²) >= 11 is 0. The fraction of sp³-hybridized carbons (Fsp3) is 0.200. The Morgan fingerprint density at radius 2 is 2.42 bits per heavy atom. The van der Waals surface area contributed by atoms with E-state index in [1.54, 1.807) is 6.08 Å². The third-order valence-electron chi connectivity index (χ3n) is 1.41. The van der Waals surface area contributed by atoms with E-state index in [9.17, 15) is 0 Å². The molecule has 1 rings (SSSR count). The summed E-state index contributed by atoms with van der Waals surface area (Å²) in [5.74, 6) is 0.720. The molecule has 0 unspecified atom stereocenters. The molecular formula is C10H12NO. The van der Waals surface area contributed by atoms with Gasteiger partial charge < -0.3 is 10.5 Å². The number of hydrogen-bond acceptors (Lipinski definition) is 2. The van der Waals surface area contributed by atoms with Gasteiger partial charge in [0.05, 0.1) is 0 Å². The van der Waals surface area contributed by atoms with E-state index in [-0.39, 0.29) is 0 Å². The van der Waals surface area contributed by atoms with E-state index in [0.29, 0.717) is 13.2 Å². The van der Waals surface area contributed by atoms with Gasteiger partial charge in [-0.3, -0.25) is 0 Å². The Bertz CT molecular complexity index is 258. The van der Waals surface area contributed by atoms with Gasteiger partial charge in [0, 0.05) is 12.6 Å². The predicted octanol–water partition coefficient (Wildman–Crippen LogP) is 1.51. The molecule has 2 N–H and O–H groups in total. The third-order valence-corrected chi connectivity index (χ3v) is 1.41. The van der Waals surface area contributed by atoms with E-state index in [1.807, 2.05) is 18.2 Å². The van der Waals surface area contributed by atoms with Gasteiger partial charge >= 0.3 is 0 Å². The lowest BCUT2D eigenvalue weighted by molar-refractivity contribution is 0.362. The van der Waals surface area contributed by atoms with Gasteiger partial charge in [0.25, 0.3) is 0 Å². The molecule has 0 aromatic heterocycles. The lowest BCUT2D eigenvalue weighted by atomic mass is 10.2. The molecule has 2 heteroatoms. The van der Waals surface area contributed by atoms with Crippen molar-refractivity contribution in [2.45, 2.75) is 6.54 Å². The normalized spacial score (nSPS) is 9.42. The predicted molar refractivity (Wildman–Crippen MR) is 48.9 cm³/mol. The minimum atomic E-state index is 0.491. The van der Waals surface area contributed by atoms with Crippen molar-refractivity contribution < 1.29 is 4.74 Å². The van der Waals surface area contributed by atoms with Crippen LogP contribution in [0.1, 0.15) is 5.56 Å². The van der Waals surface area contributed by atoms with Gasteiger partial charge in [-0.25, -0.2) is 0 Å². The molecule has 1 aromatic carbocycles. The van der Waals surface area contributed by atoms with Crippen molar-refractivity contribution in [2.24, 2.45) is 5.73 Å². The van der Waals surface area contributed by atoms with Gasteiger partial charge in [0.15, 0.2) is 0 Å². The van der Waals surface area contributed by atoms with Gasteiger partial charge in [0.1, 0.15) is 12.4 Å². The van der Waals surface area contributed by atoms with Crippen LogP contribution in [-0.2, 0) is 6.54 Å². The molecule has 0 bridgehead atoms. The van der Waals surface area contributed by atoms with Crippen LogP contribution in [0, 0.1) is 6.07 Å². The van der Waals surface area contributed by atoms with Crippen molar-refractivity contribution in [2.75, 3.05) is 6.61 Å². The van der Waals surface area contributed by atoms with E-state index in [2.05, 4.69) is 12.6 Å². The largest absolute Gasteiger partial charge is 0.489 e. The summed E-state index contributed by atoms with van der Waals surface area (Å²) in [5.41, 5.74) is 6.40. The highest BCUT2D eigenvalue weighted by Gasteiger charge is 1.93. The van der Waals surface area contributed by atoms with E-state index in [1.165, 1.54) is 0 Å². The molecule has 0 heterocycles. The minimum Gasteiger partial charge on any atom is -0.489 e. The molecule has 63 valence electrons. The average molecular weight is 162 g/mol. The Morgan fingerprint density at radius 1 is 1.58 bits per heavy atom. The first-order chi connectivity index (χ1) is 5.86. The molecule has 12 heavy (non-hydrogen) atoms. The van der Waals surface area contributed by atoms with Crippen LogP contribution in [0.15, 0.2) is 30.9 Å². The molecule has 0 spiro atoms. The maximum atomic E-state index is 5.44. The zero-order chi connectivity index (χ0) is 8.81. The summed E-state index contributed by atoms with van der Waals surface area (Å²) in [7, 11) is 0. The first-order valence-electron chi connectivity index (χ1n) is 3.82. The molecule has 0 saturated carbocycles. The smallest absolute Gasteiger partial charge is 0.128 e. The summed E-state index contributed by atoms with van der Waals surface area (Å²) in [6.07, 6.45) is 1.70. The Kier molecular flexibility index (Phi) is 3.35. The summed E-state index contributed by atoms with van der Waals surface area (Å²) in [6, 6.07) is 8.70. The fourth-order valence-electron chi connectivity index (χ4n) is 0.845. The Morgan fingerprint density at radius 3 is 3.08 bits per heavy atom. The molecule has 0 fully saturated rings. The maximum absolute atomic E-state index is 5.44. The molecule has 0 aliphatic rings. The SMILES string of the molecule is C=CCOc1[c]c(CN)ccc1. The molecule has 0 saturated heterocycles. The van der Waals surface area contributed by atoms with E-state index < -0.39 is 0 Å². The van der Waals surface area contributed by atoms with Crippen LogP contribution in [0.3, 0.4) is 0 Å². The van der Waals surface area contributed by atoms with Crippen LogP contribution in [0.5, 0.6) is 5.75 Å². The van der Waals surface area contributed by atoms with Gasteiger partial charge in [-0.15, -0.1) is 0 Å². The molecule has 1 radical (unpaired) electrons. The fourth-order valence-corrected chi connectivity index (χ4v) is 0.845. The van der Waals surface area contributed by atoms with Gasteiger partial charge in [-0.1, -0.05) is 24.8 Å². The van der Waals surface area contributed by atoms with Gasteiger partial charge in [-0.2, -0.15) is 0 Å². The first kappa shape index (κ1) is 8.81. The Labute approximate surface area is 72.7 Å². The maximum Gasteiger partial charge on any atom is 0.128 e. The second kappa shape index (κ2) is 4.57. The van der Waals surface area contributed by atoms with Gasteiger partial charge in [0.2, 0.25) is 0 Å². The second-order valence-corrected chi connectivity index (χ2v) is 2.34. The standard InChI is InChI=1S/C10H12NO/c1-2-6-12-10-5-3-4-9(7-10)8-11/h2-5H,1,6,8,11H2. The number of rotatable bonds is 4. The van der Waals surface area contributed by atoms with Crippen LogP contribution < -0.4 is 10.5 Å². The van der Waals surface area contributed by atoms with E-state index in [0.717, 1.165) is 11.3 Å². The van der Waals surface area contributed by atoms with Gasteiger partial charge in [-0.05, 0) is 11.6 Å². The highest BCUT2D eigenvalue weighted by molar-refractivity contribution is 5.26. The van der Waals surface area contributed by atoms with Crippen molar-refractivity contribution in [3.05, 3.63) is 42.5 Å². The lowest BCUT2D eigenvalue weighted by Crippen LogP contribution is -1.98. The van der Waals surface area contributed by atoms with Crippen molar-refractivity contribution in [1.29, 1.82) is 0 Å². The molecule has 2 nitrogen and oxygen atoms in total. The van der Waals surface area contributed by atoms with Crippen molar-refractivity contribution >= 4 is 0 Å². The minimum absolute atomic E-state index is 0.491. The van der Waals surface area contributed by atoms with Crippen molar-refractivity contribution in [3.8, 4) is 5.75 Å². The quantitative estimate of drug-likeness (QED) is 0.681. The van der Waals surface area contributed by atoms with Crippen LogP contribution in [0.2, 0.25) is 0 Å². The summed E-state index contributed by atoms with van der Waals surface area (Å²) in [5, 5.41) is 0. The second-order valence-electron chi connectivity index (χ2n) is 2.34. The van der Waals surface area contributed by atoms with E-state index >= 15 is 0 Å². The summed E-state index contributed by atoms with van der Waals surface area (Å²) < 4.78 is 5.27. The third kappa shape index (κ3) is 2.40. The lowest BCUT2D eigenvalue weighted by Gasteiger charge is -2.03. The average Bonchev–Trinajstić information content (AvgIpc) is 2.15. The molecule has 0 aliphatic heterocycles. The highest BCUT2D eigenvalue weighted by atomic mass is 16.5. The Hall–Kier alpha value is -1.28. The topological polar surface area (TPSA) is 35.2 Å².